The smallest absolute Gasteiger partial charge is 0.143 e. The maximum absolute atomic E-state index is 14.6. The van der Waals surface area contributed by atoms with Gasteiger partial charge in [-0.2, -0.15) is 0 Å². The zero-order chi connectivity index (χ0) is 10.3. The molecule has 2 N–H and O–H groups in total. The van der Waals surface area contributed by atoms with Crippen LogP contribution < -0.4 is 10.6 Å². The summed E-state index contributed by atoms with van der Waals surface area (Å²) in [6.45, 7) is 2.06. The third-order valence-corrected chi connectivity index (χ3v) is 3.52. The van der Waals surface area contributed by atoms with E-state index in [0.717, 1.165) is 18.7 Å². The van der Waals surface area contributed by atoms with E-state index in [1.807, 2.05) is 18.2 Å². The molecule has 1 aromatic rings. The fraction of sp³-hybridized carbons (Fsp3) is 0.500. The highest BCUT2D eigenvalue weighted by Gasteiger charge is 2.44. The van der Waals surface area contributed by atoms with Gasteiger partial charge in [0.25, 0.3) is 0 Å². The van der Waals surface area contributed by atoms with Crippen LogP contribution in [0.3, 0.4) is 0 Å². The van der Waals surface area contributed by atoms with Crippen LogP contribution in [0.2, 0.25) is 0 Å². The van der Waals surface area contributed by atoms with Crippen molar-refractivity contribution in [1.29, 1.82) is 0 Å². The van der Waals surface area contributed by atoms with E-state index in [9.17, 15) is 4.39 Å². The summed E-state index contributed by atoms with van der Waals surface area (Å²) in [4.78, 5) is 0. The molecule has 0 saturated carbocycles. The summed E-state index contributed by atoms with van der Waals surface area (Å²) in [6.07, 6.45) is 0.610. The van der Waals surface area contributed by atoms with E-state index in [-0.39, 0.29) is 6.04 Å². The average molecular weight is 206 g/mol. The zero-order valence-electron chi connectivity index (χ0n) is 8.59. The van der Waals surface area contributed by atoms with E-state index in [1.54, 1.807) is 0 Å². The topological polar surface area (TPSA) is 24.1 Å². The Hall–Kier alpha value is -0.930. The van der Waals surface area contributed by atoms with E-state index in [4.69, 9.17) is 0 Å². The quantitative estimate of drug-likeness (QED) is 0.728. The van der Waals surface area contributed by atoms with Gasteiger partial charge in [0.05, 0.1) is 6.04 Å². The predicted molar refractivity (Wildman–Crippen MR) is 57.3 cm³/mol. The molecule has 0 aliphatic carbocycles. The lowest BCUT2D eigenvalue weighted by atomic mass is 9.90. The number of hydrogen-bond donors (Lipinski definition) is 2. The van der Waals surface area contributed by atoms with Gasteiger partial charge in [-0.25, -0.2) is 4.39 Å². The molecule has 0 aromatic heterocycles. The lowest BCUT2D eigenvalue weighted by Gasteiger charge is -2.26. The fourth-order valence-electron chi connectivity index (χ4n) is 2.69. The first kappa shape index (κ1) is 9.31. The van der Waals surface area contributed by atoms with Crippen LogP contribution >= 0.6 is 0 Å². The van der Waals surface area contributed by atoms with Crippen molar-refractivity contribution in [3.8, 4) is 0 Å². The Balaban J connectivity index is 1.96. The Morgan fingerprint density at radius 1 is 1.33 bits per heavy atom. The van der Waals surface area contributed by atoms with E-state index in [0.29, 0.717) is 13.0 Å². The highest BCUT2D eigenvalue weighted by Crippen LogP contribution is 2.39. The van der Waals surface area contributed by atoms with Crippen LogP contribution in [-0.2, 0) is 6.54 Å². The van der Waals surface area contributed by atoms with Crippen molar-refractivity contribution in [2.24, 2.45) is 0 Å². The second-order valence-electron chi connectivity index (χ2n) is 4.47. The monoisotopic (exact) mass is 206 g/mol. The van der Waals surface area contributed by atoms with Crippen molar-refractivity contribution in [2.45, 2.75) is 24.7 Å². The van der Waals surface area contributed by atoms with Gasteiger partial charge >= 0.3 is 0 Å². The van der Waals surface area contributed by atoms with Crippen LogP contribution in [0.4, 0.5) is 4.39 Å². The zero-order valence-corrected chi connectivity index (χ0v) is 8.59. The third-order valence-electron chi connectivity index (χ3n) is 3.52. The molecular weight excluding hydrogens is 191 g/mol. The summed E-state index contributed by atoms with van der Waals surface area (Å²) < 4.78 is 14.6. The number of nitrogens with one attached hydrogen (secondary N) is 2. The summed E-state index contributed by atoms with van der Waals surface area (Å²) >= 11 is 0. The Bertz CT molecular complexity index is 372. The largest absolute Gasteiger partial charge is 0.313 e. The first-order chi connectivity index (χ1) is 7.30. The first-order valence-corrected chi connectivity index (χ1v) is 5.50. The van der Waals surface area contributed by atoms with Crippen LogP contribution in [0.25, 0.3) is 0 Å². The van der Waals surface area contributed by atoms with Gasteiger partial charge in [0.15, 0.2) is 0 Å². The van der Waals surface area contributed by atoms with Gasteiger partial charge in [-0.3, -0.25) is 0 Å². The summed E-state index contributed by atoms with van der Waals surface area (Å²) in [5.74, 6) is 0. The molecule has 0 amide bonds. The molecule has 1 saturated heterocycles. The van der Waals surface area contributed by atoms with Gasteiger partial charge < -0.3 is 10.6 Å². The van der Waals surface area contributed by atoms with E-state index < -0.39 is 5.67 Å². The third kappa shape index (κ3) is 1.38. The van der Waals surface area contributed by atoms with Gasteiger partial charge in [0.2, 0.25) is 0 Å². The maximum Gasteiger partial charge on any atom is 0.143 e. The van der Waals surface area contributed by atoms with Crippen molar-refractivity contribution in [3.63, 3.8) is 0 Å². The van der Waals surface area contributed by atoms with E-state index >= 15 is 0 Å². The highest BCUT2D eigenvalue weighted by atomic mass is 19.1. The maximum atomic E-state index is 14.6. The molecule has 1 fully saturated rings. The number of halogens is 1. The first-order valence-electron chi connectivity index (χ1n) is 5.50. The molecule has 2 aliphatic heterocycles. The lowest BCUT2D eigenvalue weighted by molar-refractivity contribution is 0.133. The summed E-state index contributed by atoms with van der Waals surface area (Å²) in [5.41, 5.74) is 1.28. The molecule has 80 valence electrons. The molecule has 0 bridgehead atoms. The summed E-state index contributed by atoms with van der Waals surface area (Å²) in [7, 11) is 0. The Kier molecular flexibility index (Phi) is 2.04. The number of alkyl halides is 1. The number of benzene rings is 1. The molecule has 0 radical (unpaired) electrons. The summed E-state index contributed by atoms with van der Waals surface area (Å²) in [5, 5.41) is 6.40. The van der Waals surface area contributed by atoms with Crippen LogP contribution in [-0.4, -0.2) is 18.8 Å². The van der Waals surface area contributed by atoms with Crippen LogP contribution in [0.5, 0.6) is 0 Å². The van der Waals surface area contributed by atoms with Crippen molar-refractivity contribution in [2.75, 3.05) is 13.1 Å². The molecule has 0 spiro atoms. The minimum Gasteiger partial charge on any atom is -0.313 e. The molecule has 2 atom stereocenters. The Labute approximate surface area is 88.9 Å². The van der Waals surface area contributed by atoms with Gasteiger partial charge in [0.1, 0.15) is 5.67 Å². The molecule has 3 heteroatoms. The highest BCUT2D eigenvalue weighted by molar-refractivity contribution is 5.36. The van der Waals surface area contributed by atoms with Crippen molar-refractivity contribution < 1.29 is 4.39 Å². The molecule has 2 unspecified atom stereocenters. The Morgan fingerprint density at radius 3 is 3.00 bits per heavy atom. The molecular formula is C12H15FN2. The number of fused-ring (bicyclic) bond motifs is 1. The molecule has 3 rings (SSSR count). The lowest BCUT2D eigenvalue weighted by Crippen LogP contribution is -2.38. The molecule has 2 nitrogen and oxygen atoms in total. The molecule has 15 heavy (non-hydrogen) atoms. The minimum absolute atomic E-state index is 0.122. The van der Waals surface area contributed by atoms with Gasteiger partial charge in [-0.15, -0.1) is 0 Å². The molecule has 2 aliphatic rings. The average Bonchev–Trinajstić information content (AvgIpc) is 2.84. The van der Waals surface area contributed by atoms with Gasteiger partial charge in [0, 0.05) is 13.1 Å². The van der Waals surface area contributed by atoms with Crippen molar-refractivity contribution in [1.82, 2.24) is 10.6 Å². The van der Waals surface area contributed by atoms with E-state index in [1.165, 1.54) is 5.56 Å². The van der Waals surface area contributed by atoms with Crippen LogP contribution in [0.1, 0.15) is 23.6 Å². The molecule has 1 aromatic carbocycles. The van der Waals surface area contributed by atoms with Crippen LogP contribution in [0, 0.1) is 0 Å². The van der Waals surface area contributed by atoms with Crippen LogP contribution in [0.15, 0.2) is 24.3 Å². The number of hydrogen-bond acceptors (Lipinski definition) is 2. The molecule has 2 heterocycles. The SMILES string of the molecule is FC1(C2NCc3ccccc32)CCNC1. The van der Waals surface area contributed by atoms with Gasteiger partial charge in [-0.05, 0) is 24.1 Å². The van der Waals surface area contributed by atoms with E-state index in [2.05, 4.69) is 16.7 Å². The van der Waals surface area contributed by atoms with Gasteiger partial charge in [-0.1, -0.05) is 24.3 Å². The van der Waals surface area contributed by atoms with Crippen molar-refractivity contribution >= 4 is 0 Å². The normalized spacial score (nSPS) is 34.3. The number of rotatable bonds is 1. The van der Waals surface area contributed by atoms with Crippen molar-refractivity contribution in [3.05, 3.63) is 35.4 Å². The Morgan fingerprint density at radius 2 is 2.20 bits per heavy atom. The second-order valence-corrected chi connectivity index (χ2v) is 4.47. The minimum atomic E-state index is -1.10. The second kappa shape index (κ2) is 3.29. The summed E-state index contributed by atoms with van der Waals surface area (Å²) in [6, 6.07) is 8.00. The fourth-order valence-corrected chi connectivity index (χ4v) is 2.69. The predicted octanol–water partition coefficient (Wildman–Crippen LogP) is 1.53. The standard InChI is InChI=1S/C12H15FN2/c13-12(5-6-14-8-12)11-10-4-2-1-3-9(10)7-15-11/h1-4,11,14-15H,5-8H2.